The molecule has 120 valence electrons. The number of carbonyl (C=O) groups is 1. The van der Waals surface area contributed by atoms with Crippen molar-refractivity contribution in [3.8, 4) is 12.3 Å². The number of ether oxygens (including phenoxy) is 1. The number of esters is 1. The molecule has 0 radical (unpaired) electrons. The van der Waals surface area contributed by atoms with Crippen LogP contribution in [-0.4, -0.2) is 18.1 Å². The zero-order valence-corrected chi connectivity index (χ0v) is 13.3. The molecule has 0 aliphatic heterocycles. The van der Waals surface area contributed by atoms with Crippen molar-refractivity contribution in [2.45, 2.75) is 45.8 Å². The van der Waals surface area contributed by atoms with Gasteiger partial charge in [-0.05, 0) is 27.7 Å². The van der Waals surface area contributed by atoms with Crippen LogP contribution < -0.4 is 5.32 Å². The topological polar surface area (TPSA) is 38.3 Å². The summed E-state index contributed by atoms with van der Waals surface area (Å²) in [7, 11) is 0. The van der Waals surface area contributed by atoms with Crippen LogP contribution in [0.1, 0.15) is 44.7 Å². The fourth-order valence-electron chi connectivity index (χ4n) is 1.84. The van der Waals surface area contributed by atoms with Crippen LogP contribution >= 0.6 is 0 Å². The molecule has 0 amide bonds. The highest BCUT2D eigenvalue weighted by molar-refractivity contribution is 5.72. The van der Waals surface area contributed by atoms with E-state index in [-0.39, 0.29) is 24.2 Å². The Bertz CT molecular complexity index is 586. The maximum absolute atomic E-state index is 14.0. The van der Waals surface area contributed by atoms with Gasteiger partial charge in [0.1, 0.15) is 5.60 Å². The zero-order valence-electron chi connectivity index (χ0n) is 13.3. The van der Waals surface area contributed by atoms with Crippen molar-refractivity contribution >= 4 is 5.97 Å². The van der Waals surface area contributed by atoms with Crippen molar-refractivity contribution in [2.24, 2.45) is 0 Å². The van der Waals surface area contributed by atoms with Gasteiger partial charge >= 0.3 is 5.97 Å². The Labute approximate surface area is 130 Å². The van der Waals surface area contributed by atoms with Gasteiger partial charge in [0.2, 0.25) is 0 Å². The summed E-state index contributed by atoms with van der Waals surface area (Å²) in [6, 6.07) is 2.93. The number of halogens is 2. The monoisotopic (exact) mass is 309 g/mol. The number of hydrogen-bond acceptors (Lipinski definition) is 3. The molecule has 0 aliphatic rings. The average molecular weight is 309 g/mol. The third kappa shape index (κ3) is 5.12. The summed E-state index contributed by atoms with van der Waals surface area (Å²) in [6.45, 7) is 6.83. The van der Waals surface area contributed by atoms with Crippen LogP contribution in [0.4, 0.5) is 8.78 Å². The van der Waals surface area contributed by atoms with Crippen LogP contribution in [-0.2, 0) is 16.1 Å². The van der Waals surface area contributed by atoms with Crippen molar-refractivity contribution in [1.29, 1.82) is 0 Å². The number of nitrogens with one attached hydrogen (secondary N) is 1. The highest BCUT2D eigenvalue weighted by Gasteiger charge is 2.18. The Morgan fingerprint density at radius 3 is 2.55 bits per heavy atom. The van der Waals surface area contributed by atoms with E-state index in [0.717, 1.165) is 0 Å². The van der Waals surface area contributed by atoms with Gasteiger partial charge in [-0.25, -0.2) is 8.78 Å². The van der Waals surface area contributed by atoms with Gasteiger partial charge in [-0.2, -0.15) is 0 Å². The van der Waals surface area contributed by atoms with Crippen LogP contribution in [0.3, 0.4) is 0 Å². The second kappa shape index (κ2) is 7.37. The molecule has 5 heteroatoms. The van der Waals surface area contributed by atoms with Crippen molar-refractivity contribution in [1.82, 2.24) is 5.32 Å². The number of rotatable bonds is 5. The molecule has 1 aromatic rings. The summed E-state index contributed by atoms with van der Waals surface area (Å²) < 4.78 is 33.0. The Morgan fingerprint density at radius 1 is 1.36 bits per heavy atom. The van der Waals surface area contributed by atoms with Gasteiger partial charge in [-0.3, -0.25) is 4.79 Å². The maximum atomic E-state index is 14.0. The van der Waals surface area contributed by atoms with E-state index in [0.29, 0.717) is 0 Å². The number of carbonyl (C=O) groups excluding carboxylic acids is 1. The van der Waals surface area contributed by atoms with Gasteiger partial charge in [-0.15, -0.1) is 6.42 Å². The van der Waals surface area contributed by atoms with Crippen LogP contribution in [0.5, 0.6) is 0 Å². The first-order chi connectivity index (χ1) is 10.2. The van der Waals surface area contributed by atoms with Crippen LogP contribution in [0.15, 0.2) is 12.1 Å². The summed E-state index contributed by atoms with van der Waals surface area (Å²) in [6.07, 6.45) is 5.22. The smallest absolute Gasteiger partial charge is 0.320 e. The van der Waals surface area contributed by atoms with Crippen molar-refractivity contribution < 1.29 is 18.3 Å². The molecule has 0 saturated heterocycles. The summed E-state index contributed by atoms with van der Waals surface area (Å²) in [4.78, 5) is 11.5. The molecule has 0 aromatic heterocycles. The van der Waals surface area contributed by atoms with Gasteiger partial charge in [0, 0.05) is 23.6 Å². The first-order valence-electron chi connectivity index (χ1n) is 7.01. The maximum Gasteiger partial charge on any atom is 0.320 e. The van der Waals surface area contributed by atoms with E-state index in [1.165, 1.54) is 12.1 Å². The van der Waals surface area contributed by atoms with Gasteiger partial charge in [0.15, 0.2) is 11.6 Å². The predicted octanol–water partition coefficient (Wildman–Crippen LogP) is 3.13. The number of benzene rings is 1. The SMILES string of the molecule is C#C[C@H](C)c1ccc(CNCC(=O)OC(C)(C)C)c(F)c1F. The quantitative estimate of drug-likeness (QED) is 0.671. The lowest BCUT2D eigenvalue weighted by Gasteiger charge is -2.19. The van der Waals surface area contributed by atoms with E-state index >= 15 is 0 Å². The third-order valence-corrected chi connectivity index (χ3v) is 2.91. The summed E-state index contributed by atoms with van der Waals surface area (Å²) >= 11 is 0. The fraction of sp³-hybridized carbons (Fsp3) is 0.471. The van der Waals surface area contributed by atoms with Crippen LogP contribution in [0, 0.1) is 24.0 Å². The first-order valence-corrected chi connectivity index (χ1v) is 7.01. The molecule has 1 atom stereocenters. The fourth-order valence-corrected chi connectivity index (χ4v) is 1.84. The second-order valence-electron chi connectivity index (χ2n) is 6.02. The molecule has 1 rings (SSSR count). The Balaban J connectivity index is 2.67. The minimum atomic E-state index is -0.948. The van der Waals surface area contributed by atoms with Crippen molar-refractivity contribution in [3.05, 3.63) is 34.9 Å². The van der Waals surface area contributed by atoms with Crippen LogP contribution in [0.25, 0.3) is 0 Å². The molecule has 0 unspecified atom stereocenters. The van der Waals surface area contributed by atoms with E-state index in [4.69, 9.17) is 11.2 Å². The molecule has 0 spiro atoms. The Hall–Kier alpha value is -1.93. The molecular formula is C17H21F2NO2. The minimum Gasteiger partial charge on any atom is -0.459 e. The minimum absolute atomic E-state index is 0.0205. The van der Waals surface area contributed by atoms with E-state index in [1.807, 2.05) is 0 Å². The van der Waals surface area contributed by atoms with E-state index < -0.39 is 29.1 Å². The first kappa shape index (κ1) is 18.1. The Morgan fingerprint density at radius 2 is 2.00 bits per heavy atom. The Kier molecular flexibility index (Phi) is 6.07. The summed E-state index contributed by atoms with van der Waals surface area (Å²) in [5, 5.41) is 2.73. The lowest BCUT2D eigenvalue weighted by molar-refractivity contribution is -0.153. The number of hydrogen-bond donors (Lipinski definition) is 1. The largest absolute Gasteiger partial charge is 0.459 e. The highest BCUT2D eigenvalue weighted by atomic mass is 19.2. The highest BCUT2D eigenvalue weighted by Crippen LogP contribution is 2.22. The standard InChI is InChI=1S/C17H21F2NO2/c1-6-11(2)13-8-7-12(15(18)16(13)19)9-20-10-14(21)22-17(3,4)5/h1,7-8,11,20H,9-10H2,2-5H3/t11-/m0/s1. The lowest BCUT2D eigenvalue weighted by Crippen LogP contribution is -2.31. The average Bonchev–Trinajstić information content (AvgIpc) is 2.41. The molecule has 1 aromatic carbocycles. The molecule has 0 saturated carbocycles. The van der Waals surface area contributed by atoms with Gasteiger partial charge < -0.3 is 10.1 Å². The molecule has 3 nitrogen and oxygen atoms in total. The molecule has 0 fully saturated rings. The molecule has 0 heterocycles. The van der Waals surface area contributed by atoms with E-state index in [2.05, 4.69) is 11.2 Å². The molecule has 1 N–H and O–H groups in total. The number of terminal acetylenes is 1. The summed E-state index contributed by atoms with van der Waals surface area (Å²) in [5.41, 5.74) is -0.298. The van der Waals surface area contributed by atoms with Gasteiger partial charge in [0.25, 0.3) is 0 Å². The molecule has 0 aliphatic carbocycles. The van der Waals surface area contributed by atoms with Crippen molar-refractivity contribution in [3.63, 3.8) is 0 Å². The van der Waals surface area contributed by atoms with Crippen LogP contribution in [0.2, 0.25) is 0 Å². The second-order valence-corrected chi connectivity index (χ2v) is 6.02. The normalized spacial score (nSPS) is 12.6. The molecular weight excluding hydrogens is 288 g/mol. The lowest BCUT2D eigenvalue weighted by atomic mass is 9.99. The van der Waals surface area contributed by atoms with Crippen molar-refractivity contribution in [2.75, 3.05) is 6.54 Å². The van der Waals surface area contributed by atoms with Gasteiger partial charge in [-0.1, -0.05) is 18.1 Å². The van der Waals surface area contributed by atoms with Gasteiger partial charge in [0.05, 0.1) is 6.54 Å². The molecule has 0 bridgehead atoms. The predicted molar refractivity (Wildman–Crippen MR) is 81.2 cm³/mol. The van der Waals surface area contributed by atoms with E-state index in [9.17, 15) is 13.6 Å². The molecule has 22 heavy (non-hydrogen) atoms. The summed E-state index contributed by atoms with van der Waals surface area (Å²) in [5.74, 6) is -0.480. The third-order valence-electron chi connectivity index (χ3n) is 2.91. The van der Waals surface area contributed by atoms with E-state index in [1.54, 1.807) is 27.7 Å². The zero-order chi connectivity index (χ0) is 16.9.